The summed E-state index contributed by atoms with van der Waals surface area (Å²) in [7, 11) is 1.52. The van der Waals surface area contributed by atoms with E-state index < -0.39 is 0 Å². The van der Waals surface area contributed by atoms with Crippen LogP contribution < -0.4 is 14.8 Å². The van der Waals surface area contributed by atoms with E-state index in [1.165, 1.54) is 7.11 Å². The highest BCUT2D eigenvalue weighted by Crippen LogP contribution is 2.37. The van der Waals surface area contributed by atoms with Gasteiger partial charge in [0.1, 0.15) is 0 Å². The molecule has 2 heterocycles. The lowest BCUT2D eigenvalue weighted by molar-refractivity contribution is 0.102. The van der Waals surface area contributed by atoms with Gasteiger partial charge in [-0.25, -0.2) is 9.67 Å². The van der Waals surface area contributed by atoms with Crippen molar-refractivity contribution in [3.05, 3.63) is 41.2 Å². The lowest BCUT2D eigenvalue weighted by Gasteiger charge is -2.15. The number of carbonyl (C=O) groups is 1. The number of benzene rings is 1. The van der Waals surface area contributed by atoms with Crippen LogP contribution in [0.4, 0.5) is 5.69 Å². The molecule has 0 aliphatic heterocycles. The minimum atomic E-state index is -0.318. The molecule has 0 aliphatic carbocycles. The Morgan fingerprint density at radius 3 is 2.63 bits per heavy atom. The van der Waals surface area contributed by atoms with E-state index >= 15 is 0 Å². The molecule has 0 fully saturated rings. The Bertz CT molecular complexity index is 1050. The summed E-state index contributed by atoms with van der Waals surface area (Å²) >= 11 is 6.38. The molecular weight excluding hydrogens is 404 g/mol. The van der Waals surface area contributed by atoms with Crippen LogP contribution >= 0.6 is 11.6 Å². The predicted octanol–water partition coefficient (Wildman–Crippen LogP) is 5.35. The third-order valence-corrected chi connectivity index (χ3v) is 4.89. The summed E-state index contributed by atoms with van der Waals surface area (Å²) in [6.07, 6.45) is 4.24. The van der Waals surface area contributed by atoms with Crippen LogP contribution in [0.3, 0.4) is 0 Å². The summed E-state index contributed by atoms with van der Waals surface area (Å²) in [6, 6.07) is 5.24. The maximum Gasteiger partial charge on any atom is 0.255 e. The molecule has 0 atom stereocenters. The number of carbonyl (C=O) groups excluding carboxylic acids is 1. The second-order valence-corrected chi connectivity index (χ2v) is 8.20. The predicted molar refractivity (Wildman–Crippen MR) is 119 cm³/mol. The number of halogens is 1. The molecule has 2 aromatic heterocycles. The highest BCUT2D eigenvalue weighted by Gasteiger charge is 2.17. The average Bonchev–Trinajstić information content (AvgIpc) is 3.12. The van der Waals surface area contributed by atoms with Crippen LogP contribution in [0.25, 0.3) is 11.0 Å². The quantitative estimate of drug-likeness (QED) is 0.521. The number of methoxy groups -OCH3 is 1. The molecule has 3 rings (SSSR count). The minimum Gasteiger partial charge on any atom is -0.493 e. The molecule has 0 aliphatic rings. The van der Waals surface area contributed by atoms with Crippen LogP contribution in [-0.2, 0) is 0 Å². The second-order valence-electron chi connectivity index (χ2n) is 7.79. The Labute approximate surface area is 181 Å². The van der Waals surface area contributed by atoms with Gasteiger partial charge in [0.05, 0.1) is 36.8 Å². The topological polar surface area (TPSA) is 78.3 Å². The van der Waals surface area contributed by atoms with Crippen molar-refractivity contribution in [2.24, 2.45) is 5.92 Å². The van der Waals surface area contributed by atoms with Crippen molar-refractivity contribution in [3.63, 3.8) is 0 Å². The monoisotopic (exact) mass is 430 g/mol. The van der Waals surface area contributed by atoms with Crippen LogP contribution in [0.5, 0.6) is 11.5 Å². The fourth-order valence-corrected chi connectivity index (χ4v) is 3.24. The molecular formula is C22H27ClN4O3. The van der Waals surface area contributed by atoms with Crippen molar-refractivity contribution in [1.29, 1.82) is 0 Å². The number of aromatic nitrogens is 3. The summed E-state index contributed by atoms with van der Waals surface area (Å²) in [5, 5.41) is 8.38. The Hall–Kier alpha value is -2.80. The summed E-state index contributed by atoms with van der Waals surface area (Å²) in [6.45, 7) is 8.84. The number of nitrogens with zero attached hydrogens (tertiary/aromatic N) is 3. The van der Waals surface area contributed by atoms with E-state index in [0.29, 0.717) is 40.3 Å². The molecule has 1 amide bonds. The number of nitrogens with one attached hydrogen (secondary N) is 1. The lowest BCUT2D eigenvalue weighted by atomic mass is 10.1. The van der Waals surface area contributed by atoms with Gasteiger partial charge in [-0.3, -0.25) is 4.79 Å². The molecule has 1 aromatic carbocycles. The smallest absolute Gasteiger partial charge is 0.255 e. The van der Waals surface area contributed by atoms with E-state index in [0.717, 1.165) is 17.5 Å². The molecule has 8 heteroatoms. The van der Waals surface area contributed by atoms with Crippen molar-refractivity contribution >= 4 is 34.2 Å². The number of hydrogen-bond acceptors (Lipinski definition) is 5. The molecule has 160 valence electrons. The summed E-state index contributed by atoms with van der Waals surface area (Å²) in [5.41, 5.74) is 1.71. The van der Waals surface area contributed by atoms with Gasteiger partial charge in [-0.05, 0) is 44.4 Å². The van der Waals surface area contributed by atoms with Crippen molar-refractivity contribution in [3.8, 4) is 11.5 Å². The molecule has 0 radical (unpaired) electrons. The first-order valence-corrected chi connectivity index (χ1v) is 10.3. The first kappa shape index (κ1) is 21.9. The molecule has 0 unspecified atom stereocenters. The third-order valence-electron chi connectivity index (χ3n) is 4.61. The zero-order chi connectivity index (χ0) is 21.8. The summed E-state index contributed by atoms with van der Waals surface area (Å²) in [4.78, 5) is 17.2. The maximum atomic E-state index is 12.8. The fourth-order valence-electron chi connectivity index (χ4n) is 2.98. The van der Waals surface area contributed by atoms with Crippen LogP contribution in [0.2, 0.25) is 5.02 Å². The van der Waals surface area contributed by atoms with Crippen molar-refractivity contribution < 1.29 is 14.3 Å². The molecule has 1 N–H and O–H groups in total. The van der Waals surface area contributed by atoms with Crippen molar-refractivity contribution in [2.75, 3.05) is 19.0 Å². The van der Waals surface area contributed by atoms with Gasteiger partial charge in [0, 0.05) is 17.0 Å². The lowest BCUT2D eigenvalue weighted by Crippen LogP contribution is -2.13. The zero-order valence-electron chi connectivity index (χ0n) is 17.9. The number of hydrogen-bond donors (Lipinski definition) is 1. The number of anilines is 1. The molecule has 0 saturated carbocycles. The van der Waals surface area contributed by atoms with Gasteiger partial charge in [-0.1, -0.05) is 25.4 Å². The molecule has 30 heavy (non-hydrogen) atoms. The van der Waals surface area contributed by atoms with Gasteiger partial charge >= 0.3 is 0 Å². The molecule has 3 aromatic rings. The van der Waals surface area contributed by atoms with Crippen molar-refractivity contribution in [1.82, 2.24) is 14.8 Å². The Balaban J connectivity index is 1.79. The maximum absolute atomic E-state index is 12.8. The number of rotatable bonds is 8. The number of pyridine rings is 1. The highest BCUT2D eigenvalue weighted by atomic mass is 35.5. The van der Waals surface area contributed by atoms with Crippen molar-refractivity contribution in [2.45, 2.75) is 40.2 Å². The fraction of sp³-hybridized carbons (Fsp3) is 0.409. The number of ether oxygens (including phenoxy) is 2. The van der Waals surface area contributed by atoms with Gasteiger partial charge in [0.15, 0.2) is 17.1 Å². The zero-order valence-corrected chi connectivity index (χ0v) is 18.7. The van der Waals surface area contributed by atoms with E-state index in [1.807, 2.05) is 24.6 Å². The van der Waals surface area contributed by atoms with Crippen LogP contribution in [-0.4, -0.2) is 34.4 Å². The van der Waals surface area contributed by atoms with Gasteiger partial charge in [-0.2, -0.15) is 5.10 Å². The van der Waals surface area contributed by atoms with Crippen LogP contribution in [0.1, 0.15) is 50.5 Å². The molecule has 0 spiro atoms. The van der Waals surface area contributed by atoms with Crippen LogP contribution in [0, 0.1) is 5.92 Å². The summed E-state index contributed by atoms with van der Waals surface area (Å²) < 4.78 is 13.0. The van der Waals surface area contributed by atoms with Gasteiger partial charge in [0.25, 0.3) is 5.91 Å². The highest BCUT2D eigenvalue weighted by molar-refractivity contribution is 6.32. The number of amides is 1. The van der Waals surface area contributed by atoms with Gasteiger partial charge in [-0.15, -0.1) is 0 Å². The minimum absolute atomic E-state index is 0.200. The average molecular weight is 431 g/mol. The van der Waals surface area contributed by atoms with E-state index in [-0.39, 0.29) is 11.9 Å². The second kappa shape index (κ2) is 9.34. The Morgan fingerprint density at radius 1 is 1.20 bits per heavy atom. The number of fused-ring (bicyclic) bond motifs is 1. The Morgan fingerprint density at radius 2 is 1.97 bits per heavy atom. The van der Waals surface area contributed by atoms with E-state index in [2.05, 4.69) is 29.2 Å². The third kappa shape index (κ3) is 4.84. The SMILES string of the molecule is COc1cc(C(=O)Nc2cnc3c(cnn3C(C)C)c2)cc(Cl)c1OCCC(C)C. The van der Waals surface area contributed by atoms with E-state index in [4.69, 9.17) is 21.1 Å². The molecule has 7 nitrogen and oxygen atoms in total. The Kier molecular flexibility index (Phi) is 6.82. The van der Waals surface area contributed by atoms with Gasteiger partial charge in [0.2, 0.25) is 0 Å². The largest absolute Gasteiger partial charge is 0.493 e. The van der Waals surface area contributed by atoms with Gasteiger partial charge < -0.3 is 14.8 Å². The molecule has 0 saturated heterocycles. The van der Waals surface area contributed by atoms with Crippen LogP contribution in [0.15, 0.2) is 30.6 Å². The van der Waals surface area contributed by atoms with E-state index in [1.54, 1.807) is 24.5 Å². The normalized spacial score (nSPS) is 11.3. The summed E-state index contributed by atoms with van der Waals surface area (Å²) in [5.74, 6) is 1.06. The first-order valence-electron chi connectivity index (χ1n) is 9.95. The standard InChI is InChI=1S/C22H27ClN4O3/c1-13(2)6-7-30-20-18(23)9-15(10-19(20)29-5)22(28)26-17-8-16-11-25-27(14(3)4)21(16)24-12-17/h8-14H,6-7H2,1-5H3,(H,26,28). The molecule has 0 bridgehead atoms. The first-order chi connectivity index (χ1) is 14.3. The van der Waals surface area contributed by atoms with E-state index in [9.17, 15) is 4.79 Å².